The minimum atomic E-state index is -1.42. The van der Waals surface area contributed by atoms with Crippen molar-refractivity contribution in [2.75, 3.05) is 13.2 Å². The van der Waals surface area contributed by atoms with Crippen molar-refractivity contribution in [3.05, 3.63) is 45.5 Å². The zero-order valence-corrected chi connectivity index (χ0v) is 18.9. The van der Waals surface area contributed by atoms with Crippen LogP contribution < -0.4 is 11.4 Å². The summed E-state index contributed by atoms with van der Waals surface area (Å²) in [6.45, 7) is -1.05. The van der Waals surface area contributed by atoms with E-state index < -0.39 is 73.7 Å². The van der Waals surface area contributed by atoms with Gasteiger partial charge in [0.05, 0.1) is 13.2 Å². The van der Waals surface area contributed by atoms with Gasteiger partial charge in [-0.05, 0) is 33.7 Å². The molecule has 2 aliphatic heterocycles. The Bertz CT molecular complexity index is 1040. The molecule has 2 aromatic heterocycles. The summed E-state index contributed by atoms with van der Waals surface area (Å²) in [5.41, 5.74) is -1.51. The minimum absolute atomic E-state index is 0.271. The summed E-state index contributed by atoms with van der Waals surface area (Å²) in [5, 5.41) is 58.7. The maximum Gasteiger partial charge on any atom is 0.350 e. The van der Waals surface area contributed by atoms with Gasteiger partial charge in [0.1, 0.15) is 46.7 Å². The summed E-state index contributed by atoms with van der Waals surface area (Å²) >= 11 is 0. The molecule has 7 unspecified atom stereocenters. The number of hydrogen-bond acceptors (Lipinski definition) is 14. The van der Waals surface area contributed by atoms with Crippen LogP contribution in [-0.4, -0.2) is 99.6 Å². The number of rotatable bonds is 7. The fourth-order valence-electron chi connectivity index (χ4n) is 3.58. The van der Waals surface area contributed by atoms with Gasteiger partial charge in [-0.25, -0.2) is 9.59 Å². The van der Waals surface area contributed by atoms with Crippen molar-refractivity contribution in [1.82, 2.24) is 19.1 Å². The number of aromatic nitrogens is 4. The Morgan fingerprint density at radius 2 is 1.12 bits per heavy atom. The van der Waals surface area contributed by atoms with Crippen LogP contribution in [0.2, 0.25) is 0 Å². The standard InChI is InChI=1S/C18H22N4O10S2/c23-5-7-11(25)13(27)15(31-7)21-3-1-9(19-17(21)29)33-34-10-2-4-22(18(30)20-10)16-14(28)12(26)8(6-24)32-16/h1-4,7-8,11-16,23-28H,5-6H2/t7?,8?,11?,12?,13?,14?,15-,16?/m1/s1. The van der Waals surface area contributed by atoms with Crippen molar-refractivity contribution >= 4 is 21.6 Å². The first kappa shape index (κ1) is 25.2. The van der Waals surface area contributed by atoms with E-state index in [9.17, 15) is 40.2 Å². The summed E-state index contributed by atoms with van der Waals surface area (Å²) in [6, 6.07) is 2.93. The van der Waals surface area contributed by atoms with Crippen LogP contribution in [0.4, 0.5) is 0 Å². The SMILES string of the molecule is O=c1nc(SSc2ccn([C@@H]3OC(CO)C(O)C3O)c(=O)n2)ccn1C1OC(CO)C(O)C1O. The summed E-state index contributed by atoms with van der Waals surface area (Å²) in [6.07, 6.45) is -7.36. The molecule has 2 saturated heterocycles. The number of aliphatic hydroxyl groups excluding tert-OH is 6. The lowest BCUT2D eigenvalue weighted by molar-refractivity contribution is -0.0551. The normalized spacial score (nSPS) is 33.5. The summed E-state index contributed by atoms with van der Waals surface area (Å²) in [5.74, 6) is 0. The second-order valence-corrected chi connectivity index (χ2v) is 9.71. The van der Waals surface area contributed by atoms with Crippen molar-refractivity contribution in [2.24, 2.45) is 0 Å². The Morgan fingerprint density at radius 3 is 1.41 bits per heavy atom. The molecule has 8 atom stereocenters. The van der Waals surface area contributed by atoms with Crippen LogP contribution in [0.3, 0.4) is 0 Å². The maximum atomic E-state index is 12.4. The van der Waals surface area contributed by atoms with Crippen molar-refractivity contribution in [1.29, 1.82) is 0 Å². The number of aliphatic hydroxyl groups is 6. The Labute approximate surface area is 198 Å². The molecule has 0 saturated carbocycles. The maximum absolute atomic E-state index is 12.4. The highest BCUT2D eigenvalue weighted by Crippen LogP contribution is 2.35. The molecule has 0 spiro atoms. The minimum Gasteiger partial charge on any atom is -0.394 e. The van der Waals surface area contributed by atoms with Gasteiger partial charge in [0.15, 0.2) is 12.5 Å². The van der Waals surface area contributed by atoms with Gasteiger partial charge in [0, 0.05) is 12.4 Å². The number of ether oxygens (including phenoxy) is 2. The van der Waals surface area contributed by atoms with Gasteiger partial charge in [-0.1, -0.05) is 0 Å². The second-order valence-electron chi connectivity index (χ2n) is 7.54. The van der Waals surface area contributed by atoms with Crippen LogP contribution >= 0.6 is 21.6 Å². The third-order valence-electron chi connectivity index (χ3n) is 5.40. The third-order valence-corrected chi connectivity index (χ3v) is 7.56. The van der Waals surface area contributed by atoms with E-state index in [2.05, 4.69) is 9.97 Å². The first-order valence-electron chi connectivity index (χ1n) is 10.0. The van der Waals surface area contributed by atoms with E-state index in [0.29, 0.717) is 0 Å². The van der Waals surface area contributed by atoms with E-state index in [1.54, 1.807) is 0 Å². The molecular weight excluding hydrogens is 496 g/mol. The van der Waals surface area contributed by atoms with Crippen molar-refractivity contribution in [2.45, 2.75) is 59.1 Å². The van der Waals surface area contributed by atoms with Crippen LogP contribution in [-0.2, 0) is 9.47 Å². The van der Waals surface area contributed by atoms with Gasteiger partial charge in [-0.15, -0.1) is 0 Å². The van der Waals surface area contributed by atoms with Crippen molar-refractivity contribution < 1.29 is 40.1 Å². The van der Waals surface area contributed by atoms with E-state index >= 15 is 0 Å². The lowest BCUT2D eigenvalue weighted by Crippen LogP contribution is -2.36. The molecule has 2 aliphatic rings. The molecule has 4 heterocycles. The molecule has 34 heavy (non-hydrogen) atoms. The van der Waals surface area contributed by atoms with Gasteiger partial charge in [0.2, 0.25) is 0 Å². The molecule has 2 fully saturated rings. The summed E-state index contributed by atoms with van der Waals surface area (Å²) < 4.78 is 12.6. The molecule has 2 aromatic rings. The molecule has 0 bridgehead atoms. The highest BCUT2D eigenvalue weighted by Gasteiger charge is 2.44. The zero-order valence-electron chi connectivity index (χ0n) is 17.3. The highest BCUT2D eigenvalue weighted by molar-refractivity contribution is 8.76. The molecule has 0 aliphatic carbocycles. The van der Waals surface area contributed by atoms with E-state index in [1.807, 2.05) is 0 Å². The largest absolute Gasteiger partial charge is 0.394 e. The fourth-order valence-corrected chi connectivity index (χ4v) is 5.28. The van der Waals surface area contributed by atoms with Crippen LogP contribution in [0.1, 0.15) is 12.5 Å². The average molecular weight is 519 g/mol. The first-order valence-corrected chi connectivity index (χ1v) is 12.2. The smallest absolute Gasteiger partial charge is 0.350 e. The molecule has 6 N–H and O–H groups in total. The monoisotopic (exact) mass is 518 g/mol. The molecule has 0 aromatic carbocycles. The summed E-state index contributed by atoms with van der Waals surface area (Å²) in [7, 11) is 2.06. The van der Waals surface area contributed by atoms with Gasteiger partial charge < -0.3 is 40.1 Å². The molecule has 14 nitrogen and oxygen atoms in total. The van der Waals surface area contributed by atoms with Crippen molar-refractivity contribution in [3.63, 3.8) is 0 Å². The molecular formula is C18H22N4O10S2. The summed E-state index contributed by atoms with van der Waals surface area (Å²) in [4.78, 5) is 32.5. The zero-order chi connectivity index (χ0) is 24.6. The van der Waals surface area contributed by atoms with Gasteiger partial charge in [0.25, 0.3) is 0 Å². The molecule has 4 rings (SSSR count). The Hall–Kier alpha value is -1.86. The van der Waals surface area contributed by atoms with Crippen LogP contribution in [0.25, 0.3) is 0 Å². The quantitative estimate of drug-likeness (QED) is 0.158. The van der Waals surface area contributed by atoms with Gasteiger partial charge in [-0.2, -0.15) is 9.97 Å². The number of hydrogen-bond donors (Lipinski definition) is 6. The topological polar surface area (TPSA) is 210 Å². The molecule has 0 radical (unpaired) electrons. The number of nitrogens with zero attached hydrogens (tertiary/aromatic N) is 4. The molecule has 186 valence electrons. The van der Waals surface area contributed by atoms with Crippen molar-refractivity contribution in [3.8, 4) is 0 Å². The third kappa shape index (κ3) is 4.78. The first-order chi connectivity index (χ1) is 16.2. The van der Waals surface area contributed by atoms with Gasteiger partial charge >= 0.3 is 11.4 Å². The molecule has 16 heteroatoms. The van der Waals surface area contributed by atoms with Crippen LogP contribution in [0.15, 0.2) is 44.2 Å². The van der Waals surface area contributed by atoms with Crippen LogP contribution in [0.5, 0.6) is 0 Å². The predicted molar refractivity (Wildman–Crippen MR) is 115 cm³/mol. The Balaban J connectivity index is 1.42. The lowest BCUT2D eigenvalue weighted by atomic mass is 10.1. The molecule has 0 amide bonds. The van der Waals surface area contributed by atoms with E-state index in [4.69, 9.17) is 9.47 Å². The van der Waals surface area contributed by atoms with Crippen LogP contribution in [0, 0.1) is 0 Å². The van der Waals surface area contributed by atoms with E-state index in [1.165, 1.54) is 24.5 Å². The van der Waals surface area contributed by atoms with Gasteiger partial charge in [-0.3, -0.25) is 9.13 Å². The Kier molecular flexibility index (Phi) is 7.72. The predicted octanol–water partition coefficient (Wildman–Crippen LogP) is -3.18. The highest BCUT2D eigenvalue weighted by atomic mass is 33.1. The van der Waals surface area contributed by atoms with E-state index in [0.717, 1.165) is 30.7 Å². The second kappa shape index (κ2) is 10.4. The fraction of sp³-hybridized carbons (Fsp3) is 0.556. The van der Waals surface area contributed by atoms with E-state index in [-0.39, 0.29) is 10.1 Å². The lowest BCUT2D eigenvalue weighted by Gasteiger charge is -2.17. The Morgan fingerprint density at radius 1 is 0.735 bits per heavy atom. The average Bonchev–Trinajstić information content (AvgIpc) is 3.27.